The summed E-state index contributed by atoms with van der Waals surface area (Å²) in [6, 6.07) is 26.5. The molecule has 0 aromatic heterocycles. The summed E-state index contributed by atoms with van der Waals surface area (Å²) in [4.78, 5) is 69.6. The number of hydrogen-bond acceptors (Lipinski definition) is 9. The van der Waals surface area contributed by atoms with Crippen molar-refractivity contribution in [2.45, 2.75) is 148 Å². The van der Waals surface area contributed by atoms with Crippen LogP contribution >= 0.6 is 0 Å². The van der Waals surface area contributed by atoms with E-state index in [1.54, 1.807) is 79.7 Å². The van der Waals surface area contributed by atoms with Crippen LogP contribution in [0, 0.1) is 0 Å². The van der Waals surface area contributed by atoms with Crippen LogP contribution in [0.15, 0.2) is 103 Å². The molecule has 4 aromatic carbocycles. The second-order valence-corrected chi connectivity index (χ2v) is 20.0. The molecule has 0 spiro atoms. The number of ether oxygens (including phenoxy) is 4. The quantitative estimate of drug-likeness (QED) is 0.0630. The lowest BCUT2D eigenvalue weighted by atomic mass is 9.98. The van der Waals surface area contributed by atoms with Crippen LogP contribution in [0.25, 0.3) is 11.1 Å². The van der Waals surface area contributed by atoms with Crippen LogP contribution in [0.5, 0.6) is 5.75 Å². The minimum Gasteiger partial charge on any atom is -0.488 e. The van der Waals surface area contributed by atoms with Crippen molar-refractivity contribution in [1.82, 2.24) is 21.3 Å². The monoisotopic (exact) mass is 920 g/mol. The highest BCUT2D eigenvalue weighted by atomic mass is 16.5. The molecule has 0 saturated heterocycles. The Kier molecular flexibility index (Phi) is 17.0. The third kappa shape index (κ3) is 15.4. The van der Waals surface area contributed by atoms with Gasteiger partial charge in [0.2, 0.25) is 17.7 Å². The Morgan fingerprint density at radius 2 is 0.985 bits per heavy atom. The number of hydrogen-bond donors (Lipinski definition) is 5. The zero-order valence-electron chi connectivity index (χ0n) is 40.6. The van der Waals surface area contributed by atoms with E-state index in [0.717, 1.165) is 27.8 Å². The summed E-state index contributed by atoms with van der Waals surface area (Å²) >= 11 is 0. The Labute approximate surface area is 394 Å². The Morgan fingerprint density at radius 1 is 0.537 bits per heavy atom. The van der Waals surface area contributed by atoms with E-state index in [4.69, 9.17) is 18.9 Å². The molecule has 67 heavy (non-hydrogen) atoms. The number of carbonyl (C=O) groups excluding carboxylic acids is 4. The zero-order chi connectivity index (χ0) is 49.3. The molecule has 0 radical (unpaired) electrons. The van der Waals surface area contributed by atoms with Crippen LogP contribution in [0.1, 0.15) is 104 Å². The number of fused-ring (bicyclic) bond motifs is 3. The van der Waals surface area contributed by atoms with Crippen molar-refractivity contribution in [3.8, 4) is 16.9 Å². The maximum atomic E-state index is 14.6. The van der Waals surface area contributed by atoms with Crippen molar-refractivity contribution in [1.29, 1.82) is 0 Å². The lowest BCUT2D eigenvalue weighted by Gasteiger charge is -2.35. The molecule has 0 saturated carbocycles. The third-order valence-electron chi connectivity index (χ3n) is 10.8. The second kappa shape index (κ2) is 22.0. The number of carboxylic acid groups (broad SMARTS) is 1. The molecule has 0 bridgehead atoms. The highest BCUT2D eigenvalue weighted by molar-refractivity contribution is 5.95. The summed E-state index contributed by atoms with van der Waals surface area (Å²) in [5, 5.41) is 21.2. The Hall–Kier alpha value is -6.25. The number of rotatable bonds is 19. The number of carbonyl (C=O) groups is 5. The van der Waals surface area contributed by atoms with Crippen LogP contribution in [-0.2, 0) is 46.2 Å². The van der Waals surface area contributed by atoms with Crippen molar-refractivity contribution in [2.75, 3.05) is 6.61 Å². The van der Waals surface area contributed by atoms with Gasteiger partial charge in [0.25, 0.3) is 0 Å². The molecule has 0 fully saturated rings. The van der Waals surface area contributed by atoms with E-state index in [2.05, 4.69) is 21.3 Å². The molecule has 4 amide bonds. The molecule has 14 heteroatoms. The minimum absolute atomic E-state index is 0.0146. The van der Waals surface area contributed by atoms with Gasteiger partial charge in [0.05, 0.1) is 23.4 Å². The van der Waals surface area contributed by atoms with Crippen molar-refractivity contribution in [3.63, 3.8) is 0 Å². The topological polar surface area (TPSA) is 191 Å². The number of alkyl carbamates (subject to hydrolysis) is 1. The predicted molar refractivity (Wildman–Crippen MR) is 257 cm³/mol. The summed E-state index contributed by atoms with van der Waals surface area (Å²) in [6.45, 7) is 19.7. The van der Waals surface area contributed by atoms with Crippen molar-refractivity contribution in [3.05, 3.63) is 125 Å². The minimum atomic E-state index is -1.43. The van der Waals surface area contributed by atoms with Gasteiger partial charge in [0.15, 0.2) is 0 Å². The maximum absolute atomic E-state index is 14.6. The fraction of sp³-hybridized carbons (Fsp3) is 0.453. The summed E-state index contributed by atoms with van der Waals surface area (Å²) < 4.78 is 24.1. The van der Waals surface area contributed by atoms with Crippen molar-refractivity contribution < 1.29 is 48.0 Å². The van der Waals surface area contributed by atoms with Crippen molar-refractivity contribution in [2.24, 2.45) is 0 Å². The molecule has 1 aliphatic rings. The predicted octanol–water partition coefficient (Wildman–Crippen LogP) is 7.50. The Morgan fingerprint density at radius 3 is 1.48 bits per heavy atom. The largest absolute Gasteiger partial charge is 0.488 e. The van der Waals surface area contributed by atoms with Crippen LogP contribution in [0.2, 0.25) is 0 Å². The molecule has 1 aliphatic carbocycles. The molecule has 4 aromatic rings. The first kappa shape index (κ1) is 51.7. The SMILES string of the molecule is C[C@@H](OC(C)(C)C)[C@H](NC(=O)[C@H](Cc1ccccc1)NC(=O)OCC1c2ccccc2-c2ccccc21)C(=O)N[C@H](C(=O)N[C@@H](Cc1ccc(OC(C)(C)C)cc1)C(=O)O)[C@@H](C)OC(C)(C)C. The molecule has 360 valence electrons. The van der Waals surface area contributed by atoms with E-state index in [0.29, 0.717) is 11.3 Å². The summed E-state index contributed by atoms with van der Waals surface area (Å²) in [5.41, 5.74) is 3.55. The molecular formula is C53H68N4O10. The standard InChI is InChI=1S/C53H68N4O10/c1-32(65-51(3,4)5)44(47(59)54-43(49(61)62)30-35-25-27-36(28-26-35)67-53(9,10)11)57-48(60)45(33(2)66-52(6,7)8)56-46(58)42(29-34-19-13-12-14-20-34)55-50(63)64-31-41-39-23-17-15-21-37(39)38-22-16-18-24-40(38)41/h12-28,32-33,41-45H,29-31H2,1-11H3,(H,54,59)(H,55,63)(H,56,58)(H,57,60)(H,61,62)/t32-,33-,42+,43+,44+,45+/m1/s1. The maximum Gasteiger partial charge on any atom is 0.407 e. The van der Waals surface area contributed by atoms with Crippen LogP contribution in [0.3, 0.4) is 0 Å². The van der Waals surface area contributed by atoms with E-state index < -0.39 is 83.0 Å². The number of aliphatic carboxylic acids is 1. The van der Waals surface area contributed by atoms with E-state index in [1.165, 1.54) is 0 Å². The molecule has 0 aliphatic heterocycles. The lowest BCUT2D eigenvalue weighted by Crippen LogP contribution is -2.63. The molecule has 6 atom stereocenters. The fourth-order valence-electron chi connectivity index (χ4n) is 8.13. The Balaban J connectivity index is 1.37. The molecular weight excluding hydrogens is 853 g/mol. The first-order valence-corrected chi connectivity index (χ1v) is 22.8. The second-order valence-electron chi connectivity index (χ2n) is 20.0. The van der Waals surface area contributed by atoms with Crippen molar-refractivity contribution >= 4 is 29.8 Å². The first-order chi connectivity index (χ1) is 31.4. The third-order valence-corrected chi connectivity index (χ3v) is 10.8. The Bertz CT molecular complexity index is 2290. The molecule has 5 rings (SSSR count). The molecule has 5 N–H and O–H groups in total. The highest BCUT2D eigenvalue weighted by Gasteiger charge is 2.39. The summed E-state index contributed by atoms with van der Waals surface area (Å²) in [7, 11) is 0. The zero-order valence-corrected chi connectivity index (χ0v) is 40.6. The number of amides is 4. The number of benzene rings is 4. The lowest BCUT2D eigenvalue weighted by molar-refractivity contribution is -0.146. The van der Waals surface area contributed by atoms with Gasteiger partial charge in [0, 0.05) is 18.8 Å². The highest BCUT2D eigenvalue weighted by Crippen LogP contribution is 2.44. The van der Waals surface area contributed by atoms with Gasteiger partial charge in [-0.15, -0.1) is 0 Å². The van der Waals surface area contributed by atoms with Crippen LogP contribution < -0.4 is 26.0 Å². The molecule has 0 unspecified atom stereocenters. The average molecular weight is 921 g/mol. The number of nitrogens with one attached hydrogen (secondary N) is 4. The fourth-order valence-corrected chi connectivity index (χ4v) is 8.13. The molecule has 14 nitrogen and oxygen atoms in total. The van der Waals surface area contributed by atoms with Gasteiger partial charge in [-0.05, 0) is 122 Å². The normalized spacial score (nSPS) is 15.3. The van der Waals surface area contributed by atoms with Gasteiger partial charge in [-0.2, -0.15) is 0 Å². The van der Waals surface area contributed by atoms with Gasteiger partial charge in [-0.1, -0.05) is 91.0 Å². The van der Waals surface area contributed by atoms with Gasteiger partial charge >= 0.3 is 12.1 Å². The van der Waals surface area contributed by atoms with Gasteiger partial charge in [-0.3, -0.25) is 14.4 Å². The number of carboxylic acids is 1. The first-order valence-electron chi connectivity index (χ1n) is 22.8. The van der Waals surface area contributed by atoms with Crippen LogP contribution in [-0.4, -0.2) is 94.7 Å². The van der Waals surface area contributed by atoms with Gasteiger partial charge < -0.3 is 45.3 Å². The van der Waals surface area contributed by atoms with Gasteiger partial charge in [0.1, 0.15) is 42.1 Å². The average Bonchev–Trinajstić information content (AvgIpc) is 3.55. The smallest absolute Gasteiger partial charge is 0.407 e. The van der Waals surface area contributed by atoms with E-state index in [9.17, 15) is 29.1 Å². The van der Waals surface area contributed by atoms with Crippen LogP contribution in [0.4, 0.5) is 4.79 Å². The van der Waals surface area contributed by atoms with E-state index in [-0.39, 0.29) is 25.4 Å². The summed E-state index contributed by atoms with van der Waals surface area (Å²) in [6.07, 6.45) is -2.81. The summed E-state index contributed by atoms with van der Waals surface area (Å²) in [5.74, 6) is -3.25. The molecule has 0 heterocycles. The van der Waals surface area contributed by atoms with E-state index in [1.807, 2.05) is 99.6 Å². The van der Waals surface area contributed by atoms with E-state index >= 15 is 0 Å². The van der Waals surface area contributed by atoms with Gasteiger partial charge in [-0.25, -0.2) is 9.59 Å².